The van der Waals surface area contributed by atoms with Gasteiger partial charge in [-0.15, -0.1) is 0 Å². The fourth-order valence-corrected chi connectivity index (χ4v) is 3.81. The van der Waals surface area contributed by atoms with E-state index in [0.29, 0.717) is 35.7 Å². The van der Waals surface area contributed by atoms with Crippen LogP contribution in [0.2, 0.25) is 0 Å². The number of carbonyl (C=O) groups is 2. The summed E-state index contributed by atoms with van der Waals surface area (Å²) in [6.45, 7) is 6.07. The molecule has 1 aliphatic heterocycles. The van der Waals surface area contributed by atoms with Crippen LogP contribution >= 0.6 is 0 Å². The third-order valence-electron chi connectivity index (χ3n) is 5.16. The van der Waals surface area contributed by atoms with E-state index in [1.165, 1.54) is 0 Å². The molecule has 0 saturated heterocycles. The van der Waals surface area contributed by atoms with Crippen molar-refractivity contribution in [2.45, 2.75) is 33.5 Å². The Labute approximate surface area is 168 Å². The molecular formula is C22H23N3O4. The fourth-order valence-electron chi connectivity index (χ4n) is 3.81. The normalized spacial score (nSPS) is 15.8. The SMILES string of the molecule is CCOC(=O)c1c(C)[nH]c([C@H]2Nc3ccccc3C(=O)N2Cc2ccco2)c1C. The molecule has 150 valence electrons. The number of para-hydroxylation sites is 1. The second-order valence-electron chi connectivity index (χ2n) is 6.99. The average Bonchev–Trinajstić information content (AvgIpc) is 3.31. The minimum absolute atomic E-state index is 0.106. The lowest BCUT2D eigenvalue weighted by atomic mass is 10.0. The van der Waals surface area contributed by atoms with Gasteiger partial charge in [-0.2, -0.15) is 0 Å². The minimum atomic E-state index is -0.482. The van der Waals surface area contributed by atoms with Gasteiger partial charge in [0.15, 0.2) is 0 Å². The molecule has 0 radical (unpaired) electrons. The maximum absolute atomic E-state index is 13.3. The monoisotopic (exact) mass is 393 g/mol. The lowest BCUT2D eigenvalue weighted by Crippen LogP contribution is -2.42. The van der Waals surface area contributed by atoms with Crippen LogP contribution in [0, 0.1) is 13.8 Å². The number of benzene rings is 1. The molecule has 0 aliphatic carbocycles. The van der Waals surface area contributed by atoms with Crippen LogP contribution in [-0.4, -0.2) is 28.4 Å². The number of hydrogen-bond donors (Lipinski definition) is 2. The second-order valence-corrected chi connectivity index (χ2v) is 6.99. The molecule has 1 atom stereocenters. The first-order chi connectivity index (χ1) is 14.0. The highest BCUT2D eigenvalue weighted by Crippen LogP contribution is 2.36. The Morgan fingerprint density at radius 1 is 1.21 bits per heavy atom. The molecule has 4 rings (SSSR count). The van der Waals surface area contributed by atoms with E-state index in [-0.39, 0.29) is 11.9 Å². The molecule has 0 bridgehead atoms. The number of ether oxygens (including phenoxy) is 1. The van der Waals surface area contributed by atoms with Gasteiger partial charge in [0, 0.05) is 11.4 Å². The number of furan rings is 1. The van der Waals surface area contributed by atoms with Gasteiger partial charge in [0.2, 0.25) is 0 Å². The molecule has 2 N–H and O–H groups in total. The van der Waals surface area contributed by atoms with Gasteiger partial charge in [0.05, 0.1) is 36.2 Å². The Balaban J connectivity index is 1.79. The summed E-state index contributed by atoms with van der Waals surface area (Å²) in [5.41, 5.74) is 4.08. The first-order valence-electron chi connectivity index (χ1n) is 9.56. The number of nitrogens with one attached hydrogen (secondary N) is 2. The third-order valence-corrected chi connectivity index (χ3v) is 5.16. The van der Waals surface area contributed by atoms with E-state index >= 15 is 0 Å². The number of aryl methyl sites for hydroxylation is 1. The first-order valence-corrected chi connectivity index (χ1v) is 9.56. The van der Waals surface area contributed by atoms with Gasteiger partial charge in [0.25, 0.3) is 5.91 Å². The standard InChI is InChI=1S/C22H23N3O4/c1-4-28-22(27)18-13(2)19(23-14(18)3)20-24-17-10-6-5-9-16(17)21(26)25(20)12-15-8-7-11-29-15/h5-11,20,23-24H,4,12H2,1-3H3/t20-/m0/s1. The summed E-state index contributed by atoms with van der Waals surface area (Å²) in [6.07, 6.45) is 1.10. The molecule has 3 heterocycles. The molecule has 29 heavy (non-hydrogen) atoms. The maximum Gasteiger partial charge on any atom is 0.340 e. The number of anilines is 1. The number of rotatable bonds is 5. The van der Waals surface area contributed by atoms with E-state index in [1.54, 1.807) is 30.2 Å². The summed E-state index contributed by atoms with van der Waals surface area (Å²) < 4.78 is 10.7. The van der Waals surface area contributed by atoms with Crippen molar-refractivity contribution in [1.29, 1.82) is 0 Å². The van der Waals surface area contributed by atoms with Crippen LogP contribution in [0.5, 0.6) is 0 Å². The minimum Gasteiger partial charge on any atom is -0.467 e. The molecule has 3 aromatic rings. The molecule has 2 aromatic heterocycles. The molecule has 7 heteroatoms. The predicted octanol–water partition coefficient (Wildman–Crippen LogP) is 4.17. The van der Waals surface area contributed by atoms with Crippen LogP contribution in [0.15, 0.2) is 47.1 Å². The van der Waals surface area contributed by atoms with Crippen molar-refractivity contribution in [2.75, 3.05) is 11.9 Å². The Kier molecular flexibility index (Phi) is 4.88. The lowest BCUT2D eigenvalue weighted by molar-refractivity contribution is 0.0525. The second kappa shape index (κ2) is 7.50. The van der Waals surface area contributed by atoms with Gasteiger partial charge in [-0.1, -0.05) is 12.1 Å². The van der Waals surface area contributed by atoms with E-state index in [1.807, 2.05) is 38.1 Å². The highest BCUT2D eigenvalue weighted by Gasteiger charge is 2.36. The summed E-state index contributed by atoms with van der Waals surface area (Å²) in [6, 6.07) is 11.0. The zero-order valence-corrected chi connectivity index (χ0v) is 16.6. The topological polar surface area (TPSA) is 87.6 Å². The van der Waals surface area contributed by atoms with Crippen molar-refractivity contribution >= 4 is 17.6 Å². The van der Waals surface area contributed by atoms with Crippen LogP contribution in [-0.2, 0) is 11.3 Å². The van der Waals surface area contributed by atoms with Crippen molar-refractivity contribution in [3.63, 3.8) is 0 Å². The number of fused-ring (bicyclic) bond motifs is 1. The third kappa shape index (κ3) is 3.29. The quantitative estimate of drug-likeness (QED) is 0.635. The molecule has 1 aromatic carbocycles. The number of nitrogens with zero attached hydrogens (tertiary/aromatic N) is 1. The molecule has 1 amide bonds. The van der Waals surface area contributed by atoms with E-state index in [9.17, 15) is 9.59 Å². The molecular weight excluding hydrogens is 370 g/mol. The van der Waals surface area contributed by atoms with Gasteiger partial charge >= 0.3 is 5.97 Å². The van der Waals surface area contributed by atoms with Gasteiger partial charge in [-0.25, -0.2) is 4.79 Å². The first kappa shape index (κ1) is 18.9. The van der Waals surface area contributed by atoms with E-state index in [4.69, 9.17) is 9.15 Å². The molecule has 1 aliphatic rings. The summed E-state index contributed by atoms with van der Waals surface area (Å²) in [5.74, 6) is 0.200. The smallest absolute Gasteiger partial charge is 0.340 e. The molecule has 0 fully saturated rings. The Bertz CT molecular complexity index is 1050. The lowest BCUT2D eigenvalue weighted by Gasteiger charge is -2.37. The molecule has 0 unspecified atom stereocenters. The highest BCUT2D eigenvalue weighted by molar-refractivity contribution is 6.02. The van der Waals surface area contributed by atoms with E-state index in [0.717, 1.165) is 16.9 Å². The largest absolute Gasteiger partial charge is 0.467 e. The average molecular weight is 393 g/mol. The number of hydrogen-bond acceptors (Lipinski definition) is 5. The van der Waals surface area contributed by atoms with Gasteiger partial charge in [0.1, 0.15) is 11.9 Å². The van der Waals surface area contributed by atoms with Crippen molar-refractivity contribution in [2.24, 2.45) is 0 Å². The highest BCUT2D eigenvalue weighted by atomic mass is 16.5. The molecule has 7 nitrogen and oxygen atoms in total. The number of H-pyrrole nitrogens is 1. The van der Waals surface area contributed by atoms with Crippen molar-refractivity contribution in [3.8, 4) is 0 Å². The van der Waals surface area contributed by atoms with Gasteiger partial charge in [-0.3, -0.25) is 4.79 Å². The van der Waals surface area contributed by atoms with Crippen LogP contribution in [0.3, 0.4) is 0 Å². The van der Waals surface area contributed by atoms with Crippen LogP contribution in [0.1, 0.15) is 56.5 Å². The van der Waals surface area contributed by atoms with Crippen molar-refractivity contribution < 1.29 is 18.7 Å². The van der Waals surface area contributed by atoms with Gasteiger partial charge < -0.3 is 24.4 Å². The van der Waals surface area contributed by atoms with Crippen LogP contribution in [0.25, 0.3) is 0 Å². The molecule has 0 spiro atoms. The zero-order valence-electron chi connectivity index (χ0n) is 16.6. The van der Waals surface area contributed by atoms with Crippen LogP contribution < -0.4 is 5.32 Å². The van der Waals surface area contributed by atoms with Crippen molar-refractivity contribution in [1.82, 2.24) is 9.88 Å². The molecule has 0 saturated carbocycles. The van der Waals surface area contributed by atoms with E-state index in [2.05, 4.69) is 10.3 Å². The van der Waals surface area contributed by atoms with Crippen LogP contribution in [0.4, 0.5) is 5.69 Å². The van der Waals surface area contributed by atoms with Gasteiger partial charge in [-0.05, 0) is 50.6 Å². The number of aromatic nitrogens is 1. The number of carbonyl (C=O) groups excluding carboxylic acids is 2. The number of esters is 1. The Morgan fingerprint density at radius 3 is 2.72 bits per heavy atom. The van der Waals surface area contributed by atoms with E-state index < -0.39 is 6.17 Å². The zero-order chi connectivity index (χ0) is 20.5. The Hall–Kier alpha value is -3.48. The summed E-state index contributed by atoms with van der Waals surface area (Å²) in [7, 11) is 0. The predicted molar refractivity (Wildman–Crippen MR) is 108 cm³/mol. The van der Waals surface area contributed by atoms with Crippen molar-refractivity contribution in [3.05, 3.63) is 76.5 Å². The fraction of sp³-hybridized carbons (Fsp3) is 0.273. The number of aromatic amines is 1. The Morgan fingerprint density at radius 2 is 2.00 bits per heavy atom. The maximum atomic E-state index is 13.3. The summed E-state index contributed by atoms with van der Waals surface area (Å²) in [4.78, 5) is 30.7. The summed E-state index contributed by atoms with van der Waals surface area (Å²) >= 11 is 0. The number of amides is 1. The summed E-state index contributed by atoms with van der Waals surface area (Å²) in [5, 5.41) is 3.44.